The number of halogens is 4. The fraction of sp³-hybridized carbons (Fsp3) is 0.833. The lowest BCUT2D eigenvalue weighted by atomic mass is 9.53. The summed E-state index contributed by atoms with van der Waals surface area (Å²) in [7, 11) is 0. The SMILES string of the molecule is FC1(F)[C@@H]2[C@@H]3O[C@H]([C@H]4[C@H]3[C@H]3C=C[C@H]4O3)[C@H]2C1(F)F. The average molecular weight is 262 g/mol. The van der Waals surface area contributed by atoms with Crippen LogP contribution in [0, 0.1) is 23.7 Å². The van der Waals surface area contributed by atoms with Gasteiger partial charge in [0.2, 0.25) is 0 Å². The fourth-order valence-corrected chi connectivity index (χ4v) is 4.81. The highest BCUT2D eigenvalue weighted by Gasteiger charge is 2.89. The zero-order valence-electron chi connectivity index (χ0n) is 9.10. The van der Waals surface area contributed by atoms with Crippen molar-refractivity contribution in [1.82, 2.24) is 0 Å². The molecule has 4 aliphatic heterocycles. The molecule has 0 aromatic carbocycles. The van der Waals surface area contributed by atoms with Crippen molar-refractivity contribution in [2.75, 3.05) is 0 Å². The van der Waals surface area contributed by atoms with Gasteiger partial charge in [-0.15, -0.1) is 0 Å². The molecule has 0 aromatic heterocycles. The molecule has 2 nitrogen and oxygen atoms in total. The van der Waals surface area contributed by atoms with Crippen LogP contribution in [-0.2, 0) is 9.47 Å². The van der Waals surface area contributed by atoms with E-state index in [-0.39, 0.29) is 24.0 Å². The molecule has 0 unspecified atom stereocenters. The first-order valence-corrected chi connectivity index (χ1v) is 6.19. The third-order valence-corrected chi connectivity index (χ3v) is 5.46. The summed E-state index contributed by atoms with van der Waals surface area (Å²) in [6.07, 6.45) is 1.72. The summed E-state index contributed by atoms with van der Waals surface area (Å²) in [6, 6.07) is 0. The maximum absolute atomic E-state index is 13.5. The van der Waals surface area contributed by atoms with Gasteiger partial charge in [-0.3, -0.25) is 0 Å². The molecular formula is C12H10F4O2. The molecule has 0 spiro atoms. The Morgan fingerprint density at radius 2 is 1.17 bits per heavy atom. The van der Waals surface area contributed by atoms with Gasteiger partial charge in [-0.25, -0.2) is 0 Å². The average Bonchev–Trinajstić information content (AvgIpc) is 3.04. The topological polar surface area (TPSA) is 18.5 Å². The van der Waals surface area contributed by atoms with E-state index in [1.807, 2.05) is 12.2 Å². The molecule has 18 heavy (non-hydrogen) atoms. The van der Waals surface area contributed by atoms with E-state index in [0.29, 0.717) is 0 Å². The van der Waals surface area contributed by atoms with Crippen LogP contribution in [0.4, 0.5) is 17.6 Å². The third kappa shape index (κ3) is 0.744. The molecule has 0 radical (unpaired) electrons. The summed E-state index contributed by atoms with van der Waals surface area (Å²) in [4.78, 5) is 0. The largest absolute Gasteiger partial charge is 0.373 e. The van der Waals surface area contributed by atoms with Crippen LogP contribution in [0.1, 0.15) is 0 Å². The van der Waals surface area contributed by atoms with Crippen molar-refractivity contribution in [1.29, 1.82) is 0 Å². The van der Waals surface area contributed by atoms with Crippen LogP contribution in [0.2, 0.25) is 0 Å². The standard InChI is InChI=1S/C12H10F4O2/c13-11(14)7-8(12(11,15)16)10-6-4-2-1-3(17-4)5(6)9(7)18-10/h1-10H/t3-,4-,5-,6-,7+,8+,9-,10-/m1/s1. The van der Waals surface area contributed by atoms with Crippen molar-refractivity contribution >= 4 is 0 Å². The van der Waals surface area contributed by atoms with E-state index in [1.54, 1.807) is 0 Å². The second-order valence-corrected chi connectivity index (χ2v) is 5.97. The molecule has 8 atom stereocenters. The van der Waals surface area contributed by atoms with Crippen LogP contribution in [0.15, 0.2) is 12.2 Å². The molecule has 1 aliphatic carbocycles. The first-order valence-electron chi connectivity index (χ1n) is 6.19. The molecule has 5 aliphatic rings. The fourth-order valence-electron chi connectivity index (χ4n) is 4.81. The molecule has 5 rings (SSSR count). The maximum atomic E-state index is 13.5. The quantitative estimate of drug-likeness (QED) is 0.490. The molecular weight excluding hydrogens is 252 g/mol. The summed E-state index contributed by atoms with van der Waals surface area (Å²) in [5.74, 6) is -10.8. The van der Waals surface area contributed by atoms with Gasteiger partial charge >= 0.3 is 11.8 Å². The van der Waals surface area contributed by atoms with Crippen molar-refractivity contribution in [2.24, 2.45) is 23.7 Å². The van der Waals surface area contributed by atoms with Crippen molar-refractivity contribution in [2.45, 2.75) is 36.3 Å². The molecule has 0 N–H and O–H groups in total. The van der Waals surface area contributed by atoms with Gasteiger partial charge < -0.3 is 9.47 Å². The minimum Gasteiger partial charge on any atom is -0.373 e. The summed E-state index contributed by atoms with van der Waals surface area (Å²) in [5, 5.41) is 0. The molecule has 0 aromatic rings. The molecule has 4 fully saturated rings. The first kappa shape index (κ1) is 10.2. The van der Waals surface area contributed by atoms with Gasteiger partial charge in [-0.05, 0) is 0 Å². The molecule has 6 heteroatoms. The van der Waals surface area contributed by atoms with E-state index >= 15 is 0 Å². The molecule has 3 saturated heterocycles. The minimum absolute atomic E-state index is 0.159. The summed E-state index contributed by atoms with van der Waals surface area (Å²) >= 11 is 0. The van der Waals surface area contributed by atoms with Gasteiger partial charge in [0.15, 0.2) is 0 Å². The van der Waals surface area contributed by atoms with E-state index in [1.165, 1.54) is 0 Å². The number of hydrogen-bond donors (Lipinski definition) is 0. The van der Waals surface area contributed by atoms with Gasteiger partial charge in [0, 0.05) is 11.8 Å². The summed E-state index contributed by atoms with van der Waals surface area (Å²) in [6.45, 7) is 0. The number of ether oxygens (including phenoxy) is 2. The van der Waals surface area contributed by atoms with Crippen molar-refractivity contribution in [3.05, 3.63) is 12.2 Å². The Labute approximate surface area is 99.9 Å². The van der Waals surface area contributed by atoms with Gasteiger partial charge in [0.05, 0.1) is 36.3 Å². The van der Waals surface area contributed by atoms with E-state index in [4.69, 9.17) is 9.47 Å². The monoisotopic (exact) mass is 262 g/mol. The van der Waals surface area contributed by atoms with Crippen molar-refractivity contribution in [3.63, 3.8) is 0 Å². The predicted octanol–water partition coefficient (Wildman–Crippen LogP) is 1.85. The Bertz CT molecular complexity index is 437. The summed E-state index contributed by atoms with van der Waals surface area (Å²) < 4.78 is 65.3. The van der Waals surface area contributed by atoms with Crippen molar-refractivity contribution in [3.8, 4) is 0 Å². The van der Waals surface area contributed by atoms with E-state index in [2.05, 4.69) is 0 Å². The highest BCUT2D eigenvalue weighted by Crippen LogP contribution is 2.73. The zero-order chi connectivity index (χ0) is 12.4. The molecule has 4 heterocycles. The Balaban J connectivity index is 1.61. The summed E-state index contributed by atoms with van der Waals surface area (Å²) in [5.41, 5.74) is 0. The highest BCUT2D eigenvalue weighted by molar-refractivity contribution is 5.30. The number of hydrogen-bond acceptors (Lipinski definition) is 2. The zero-order valence-corrected chi connectivity index (χ0v) is 9.10. The molecule has 0 amide bonds. The van der Waals surface area contributed by atoms with Crippen LogP contribution in [0.3, 0.4) is 0 Å². The smallest absolute Gasteiger partial charge is 0.316 e. The van der Waals surface area contributed by atoms with Gasteiger partial charge in [-0.2, -0.15) is 17.6 Å². The van der Waals surface area contributed by atoms with E-state index in [0.717, 1.165) is 0 Å². The maximum Gasteiger partial charge on any atom is 0.316 e. The van der Waals surface area contributed by atoms with E-state index in [9.17, 15) is 17.6 Å². The normalized spacial score (nSPS) is 63.8. The Hall–Kier alpha value is -0.620. The van der Waals surface area contributed by atoms with Gasteiger partial charge in [0.1, 0.15) is 0 Å². The number of rotatable bonds is 0. The van der Waals surface area contributed by atoms with Gasteiger partial charge in [0.25, 0.3) is 0 Å². The lowest BCUT2D eigenvalue weighted by molar-refractivity contribution is -0.358. The highest BCUT2D eigenvalue weighted by atomic mass is 19.3. The Morgan fingerprint density at radius 3 is 1.61 bits per heavy atom. The van der Waals surface area contributed by atoms with Crippen molar-refractivity contribution < 1.29 is 27.0 Å². The number of fused-ring (bicyclic) bond motifs is 12. The molecule has 98 valence electrons. The lowest BCUT2D eigenvalue weighted by Crippen LogP contribution is -2.72. The first-order chi connectivity index (χ1) is 8.44. The van der Waals surface area contributed by atoms with Gasteiger partial charge in [-0.1, -0.05) is 12.2 Å². The van der Waals surface area contributed by atoms with Crippen LogP contribution < -0.4 is 0 Å². The van der Waals surface area contributed by atoms with Crippen LogP contribution in [0.5, 0.6) is 0 Å². The number of alkyl halides is 4. The Kier molecular flexibility index (Phi) is 1.42. The third-order valence-electron chi connectivity index (χ3n) is 5.46. The predicted molar refractivity (Wildman–Crippen MR) is 50.3 cm³/mol. The minimum atomic E-state index is -3.92. The van der Waals surface area contributed by atoms with Crippen LogP contribution in [0.25, 0.3) is 0 Å². The van der Waals surface area contributed by atoms with E-state index < -0.39 is 35.9 Å². The second kappa shape index (κ2) is 2.50. The second-order valence-electron chi connectivity index (χ2n) is 5.97. The molecule has 4 bridgehead atoms. The molecule has 1 saturated carbocycles. The van der Waals surface area contributed by atoms with Crippen LogP contribution in [-0.4, -0.2) is 36.3 Å². The Morgan fingerprint density at radius 1 is 0.722 bits per heavy atom. The van der Waals surface area contributed by atoms with Crippen LogP contribution >= 0.6 is 0 Å². The lowest BCUT2D eigenvalue weighted by Gasteiger charge is -2.53.